The van der Waals surface area contributed by atoms with Crippen molar-refractivity contribution >= 4 is 23.5 Å². The van der Waals surface area contributed by atoms with Crippen molar-refractivity contribution in [2.45, 2.75) is 53.0 Å². The van der Waals surface area contributed by atoms with Gasteiger partial charge in [0.25, 0.3) is 0 Å². The van der Waals surface area contributed by atoms with Crippen LogP contribution in [0.5, 0.6) is 0 Å². The van der Waals surface area contributed by atoms with Crippen LogP contribution in [0.1, 0.15) is 52.0 Å². The number of guanidine groups is 1. The quantitative estimate of drug-likeness (QED) is 0.450. The van der Waals surface area contributed by atoms with Gasteiger partial charge < -0.3 is 20.9 Å². The molecule has 0 radical (unpaired) electrons. The predicted molar refractivity (Wildman–Crippen MR) is 122 cm³/mol. The predicted octanol–water partition coefficient (Wildman–Crippen LogP) is 2.98. The lowest BCUT2D eigenvalue weighted by Crippen LogP contribution is -2.46. The summed E-state index contributed by atoms with van der Waals surface area (Å²) in [5.74, 6) is 1.84. The molecule has 1 aromatic carbocycles. The summed E-state index contributed by atoms with van der Waals surface area (Å²) in [5, 5.41) is 9.07. The fraction of sp³-hybridized carbons (Fsp3) is 0.609. The van der Waals surface area contributed by atoms with Gasteiger partial charge >= 0.3 is 0 Å². The molecule has 0 bridgehead atoms. The van der Waals surface area contributed by atoms with Crippen molar-refractivity contribution in [3.63, 3.8) is 0 Å². The van der Waals surface area contributed by atoms with E-state index in [1.54, 1.807) is 7.05 Å². The van der Waals surface area contributed by atoms with Crippen LogP contribution in [0, 0.1) is 11.8 Å². The number of carbonyl (C=O) groups excluding carboxylic acids is 2. The van der Waals surface area contributed by atoms with Crippen molar-refractivity contribution in [3.8, 4) is 0 Å². The number of hydrogen-bond acceptors (Lipinski definition) is 3. The minimum atomic E-state index is 0.0404. The van der Waals surface area contributed by atoms with Crippen molar-refractivity contribution in [1.29, 1.82) is 0 Å². The molecule has 0 unspecified atom stereocenters. The molecule has 1 saturated heterocycles. The molecule has 1 aliphatic heterocycles. The lowest BCUT2D eigenvalue weighted by molar-refractivity contribution is -0.121. The van der Waals surface area contributed by atoms with Gasteiger partial charge in [0.15, 0.2) is 5.96 Å². The number of carbonyl (C=O) groups is 2. The van der Waals surface area contributed by atoms with Crippen LogP contribution in [0.4, 0.5) is 5.69 Å². The third-order valence-corrected chi connectivity index (χ3v) is 5.22. The Morgan fingerprint density at radius 3 is 2.57 bits per heavy atom. The second kappa shape index (κ2) is 12.2. The first kappa shape index (κ1) is 23.7. The minimum Gasteiger partial charge on any atom is -0.359 e. The van der Waals surface area contributed by atoms with Crippen LogP contribution < -0.4 is 16.0 Å². The standard InChI is InChI=1S/C23H37N5O2/c1-5-25-23(28-11-9-18(10-12-28)15-21(29)24-4)26-16-19-7-6-8-20(14-19)27-22(30)13-17(2)3/h6-8,14,17-18H,5,9-13,15-16H2,1-4H3,(H,24,29)(H,25,26)(H,27,30). The van der Waals surface area contributed by atoms with E-state index in [1.807, 2.05) is 38.1 Å². The second-order valence-electron chi connectivity index (χ2n) is 8.32. The molecule has 1 fully saturated rings. The lowest BCUT2D eigenvalue weighted by Gasteiger charge is -2.34. The number of piperidine rings is 1. The third kappa shape index (κ3) is 8.05. The Hall–Kier alpha value is -2.57. The van der Waals surface area contributed by atoms with Gasteiger partial charge in [-0.2, -0.15) is 0 Å². The van der Waals surface area contributed by atoms with E-state index in [0.717, 1.165) is 49.7 Å². The highest BCUT2D eigenvalue weighted by Crippen LogP contribution is 2.21. The largest absolute Gasteiger partial charge is 0.359 e. The van der Waals surface area contributed by atoms with E-state index in [4.69, 9.17) is 4.99 Å². The maximum Gasteiger partial charge on any atom is 0.224 e. The number of anilines is 1. The normalized spacial score (nSPS) is 15.2. The lowest BCUT2D eigenvalue weighted by atomic mass is 9.93. The minimum absolute atomic E-state index is 0.0404. The highest BCUT2D eigenvalue weighted by Gasteiger charge is 2.23. The third-order valence-electron chi connectivity index (χ3n) is 5.22. The average Bonchev–Trinajstić information content (AvgIpc) is 2.71. The van der Waals surface area contributed by atoms with Crippen LogP contribution in [0.3, 0.4) is 0 Å². The molecule has 1 aromatic rings. The number of amides is 2. The molecule has 2 rings (SSSR count). The summed E-state index contributed by atoms with van der Waals surface area (Å²) in [6.07, 6.45) is 3.11. The van der Waals surface area contributed by atoms with Crippen molar-refractivity contribution in [3.05, 3.63) is 29.8 Å². The number of nitrogens with zero attached hydrogens (tertiary/aromatic N) is 2. The van der Waals surface area contributed by atoms with E-state index in [0.29, 0.717) is 31.2 Å². The molecule has 0 atom stereocenters. The van der Waals surface area contributed by atoms with Crippen LogP contribution in [-0.4, -0.2) is 49.4 Å². The number of aliphatic imine (C=N–C) groups is 1. The first-order chi connectivity index (χ1) is 14.4. The van der Waals surface area contributed by atoms with Crippen LogP contribution in [0.15, 0.2) is 29.3 Å². The summed E-state index contributed by atoms with van der Waals surface area (Å²) in [5.41, 5.74) is 1.87. The molecule has 0 aliphatic carbocycles. The van der Waals surface area contributed by atoms with E-state index in [-0.39, 0.29) is 11.8 Å². The summed E-state index contributed by atoms with van der Waals surface area (Å²) in [4.78, 5) is 30.7. The Balaban J connectivity index is 1.95. The van der Waals surface area contributed by atoms with Crippen molar-refractivity contribution in [2.24, 2.45) is 16.8 Å². The number of likely N-dealkylation sites (tertiary alicyclic amines) is 1. The molecule has 7 nitrogen and oxygen atoms in total. The van der Waals surface area contributed by atoms with E-state index >= 15 is 0 Å². The number of rotatable bonds is 8. The highest BCUT2D eigenvalue weighted by atomic mass is 16.2. The summed E-state index contributed by atoms with van der Waals surface area (Å²) in [7, 11) is 1.69. The van der Waals surface area contributed by atoms with Crippen LogP contribution in [-0.2, 0) is 16.1 Å². The van der Waals surface area contributed by atoms with Gasteiger partial charge in [0, 0.05) is 45.2 Å². The van der Waals surface area contributed by atoms with Crippen LogP contribution >= 0.6 is 0 Å². The Morgan fingerprint density at radius 2 is 1.93 bits per heavy atom. The van der Waals surface area contributed by atoms with Gasteiger partial charge in [0.2, 0.25) is 11.8 Å². The maximum absolute atomic E-state index is 12.0. The fourth-order valence-corrected chi connectivity index (χ4v) is 3.64. The summed E-state index contributed by atoms with van der Waals surface area (Å²) >= 11 is 0. The van der Waals surface area contributed by atoms with E-state index in [2.05, 4.69) is 27.8 Å². The molecule has 1 aliphatic rings. The monoisotopic (exact) mass is 415 g/mol. The number of benzene rings is 1. The van der Waals surface area contributed by atoms with Gasteiger partial charge in [-0.25, -0.2) is 4.99 Å². The summed E-state index contributed by atoms with van der Waals surface area (Å²) in [6, 6.07) is 7.88. The highest BCUT2D eigenvalue weighted by molar-refractivity contribution is 5.90. The van der Waals surface area contributed by atoms with Gasteiger partial charge in [-0.3, -0.25) is 9.59 Å². The van der Waals surface area contributed by atoms with Crippen molar-refractivity contribution < 1.29 is 9.59 Å². The van der Waals surface area contributed by atoms with E-state index < -0.39 is 0 Å². The molecular weight excluding hydrogens is 378 g/mol. The molecule has 7 heteroatoms. The molecule has 2 amide bonds. The average molecular weight is 416 g/mol. The molecule has 0 saturated carbocycles. The smallest absolute Gasteiger partial charge is 0.224 e. The number of hydrogen-bond donors (Lipinski definition) is 3. The van der Waals surface area contributed by atoms with E-state index in [9.17, 15) is 9.59 Å². The van der Waals surface area contributed by atoms with E-state index in [1.165, 1.54) is 0 Å². The Labute approximate surface area is 180 Å². The molecule has 30 heavy (non-hydrogen) atoms. The summed E-state index contributed by atoms with van der Waals surface area (Å²) in [6.45, 7) is 9.30. The molecular formula is C23H37N5O2. The Bertz CT molecular complexity index is 724. The molecule has 1 heterocycles. The first-order valence-corrected chi connectivity index (χ1v) is 11.0. The summed E-state index contributed by atoms with van der Waals surface area (Å²) < 4.78 is 0. The van der Waals surface area contributed by atoms with Crippen molar-refractivity contribution in [2.75, 3.05) is 32.0 Å². The molecule has 166 valence electrons. The van der Waals surface area contributed by atoms with Gasteiger partial charge in [-0.15, -0.1) is 0 Å². The number of nitrogens with one attached hydrogen (secondary N) is 3. The van der Waals surface area contributed by atoms with Gasteiger partial charge in [0.05, 0.1) is 6.54 Å². The Kier molecular flexibility index (Phi) is 9.64. The zero-order chi connectivity index (χ0) is 21.9. The van der Waals surface area contributed by atoms with Gasteiger partial charge in [0.1, 0.15) is 0 Å². The first-order valence-electron chi connectivity index (χ1n) is 11.0. The topological polar surface area (TPSA) is 85.8 Å². The zero-order valence-electron chi connectivity index (χ0n) is 18.8. The van der Waals surface area contributed by atoms with Crippen LogP contribution in [0.25, 0.3) is 0 Å². The Morgan fingerprint density at radius 1 is 1.20 bits per heavy atom. The van der Waals surface area contributed by atoms with Crippen LogP contribution in [0.2, 0.25) is 0 Å². The fourth-order valence-electron chi connectivity index (χ4n) is 3.64. The molecule has 0 aromatic heterocycles. The second-order valence-corrected chi connectivity index (χ2v) is 8.32. The maximum atomic E-state index is 12.0. The van der Waals surface area contributed by atoms with Gasteiger partial charge in [-0.05, 0) is 49.3 Å². The zero-order valence-corrected chi connectivity index (χ0v) is 18.8. The molecule has 0 spiro atoms. The van der Waals surface area contributed by atoms with Gasteiger partial charge in [-0.1, -0.05) is 26.0 Å². The molecule has 3 N–H and O–H groups in total. The van der Waals surface area contributed by atoms with Crippen molar-refractivity contribution in [1.82, 2.24) is 15.5 Å². The SMILES string of the molecule is CCNC(=NCc1cccc(NC(=O)CC(C)C)c1)N1CCC(CC(=O)NC)CC1.